The van der Waals surface area contributed by atoms with Gasteiger partial charge in [0.25, 0.3) is 0 Å². The Kier molecular flexibility index (Phi) is 5.62. The molecule has 1 aliphatic heterocycles. The van der Waals surface area contributed by atoms with Gasteiger partial charge in [-0.25, -0.2) is 24.3 Å². The van der Waals surface area contributed by atoms with Crippen molar-refractivity contribution in [2.45, 2.75) is 6.04 Å². The van der Waals surface area contributed by atoms with E-state index in [2.05, 4.69) is 17.1 Å². The summed E-state index contributed by atoms with van der Waals surface area (Å²) in [4.78, 5) is 4.13. The maximum atomic E-state index is 4.99. The molecule has 3 heteroatoms. The van der Waals surface area contributed by atoms with Gasteiger partial charge < -0.3 is 4.74 Å². The van der Waals surface area contributed by atoms with Gasteiger partial charge in [-0.15, -0.1) is 5.56 Å². The fraction of sp³-hybridized carbons (Fsp3) is 0.154. The topological polar surface area (TPSA) is 21.6 Å². The average molecular weight is 255 g/mol. The van der Waals surface area contributed by atoms with Gasteiger partial charge >= 0.3 is 17.1 Å². The van der Waals surface area contributed by atoms with Gasteiger partial charge in [-0.2, -0.15) is 30.3 Å². The van der Waals surface area contributed by atoms with E-state index in [4.69, 9.17) is 4.74 Å². The summed E-state index contributed by atoms with van der Waals surface area (Å²) in [7, 11) is 0. The molecule has 0 bridgehead atoms. The predicted octanol–water partition coefficient (Wildman–Crippen LogP) is 2.91. The molecule has 0 amide bonds. The molecular weight excluding hydrogens is 242 g/mol. The summed E-state index contributed by atoms with van der Waals surface area (Å²) in [5.41, 5.74) is 1.24. The van der Waals surface area contributed by atoms with Crippen LogP contribution in [-0.2, 0) is 21.8 Å². The Balaban J connectivity index is 0.000000183. The van der Waals surface area contributed by atoms with Crippen molar-refractivity contribution >= 4 is 6.40 Å². The molecule has 1 unspecified atom stereocenters. The first-order chi connectivity index (χ1) is 7.47. The van der Waals surface area contributed by atoms with Crippen LogP contribution in [0.1, 0.15) is 11.6 Å². The molecule has 16 heavy (non-hydrogen) atoms. The van der Waals surface area contributed by atoms with E-state index in [0.29, 0.717) is 6.61 Å². The Morgan fingerprint density at radius 2 is 1.81 bits per heavy atom. The van der Waals surface area contributed by atoms with Crippen LogP contribution >= 0.6 is 0 Å². The number of ether oxygens (including phenoxy) is 1. The van der Waals surface area contributed by atoms with Crippen LogP contribution < -0.4 is 0 Å². The van der Waals surface area contributed by atoms with Crippen molar-refractivity contribution in [3.8, 4) is 0 Å². The molecule has 84 valence electrons. The molecule has 0 aliphatic carbocycles. The van der Waals surface area contributed by atoms with Crippen molar-refractivity contribution in [3.05, 3.63) is 60.2 Å². The van der Waals surface area contributed by atoms with Crippen molar-refractivity contribution < 1.29 is 21.8 Å². The second kappa shape index (κ2) is 7.04. The SMILES string of the molecule is C1=NC([c-]2cccc2)CO1.[Fe+2].c1cc[cH-]c1. The molecule has 2 nitrogen and oxygen atoms in total. The van der Waals surface area contributed by atoms with Crippen molar-refractivity contribution in [1.29, 1.82) is 0 Å². The maximum Gasteiger partial charge on any atom is 2.00 e. The Morgan fingerprint density at radius 1 is 1.12 bits per heavy atom. The molecule has 2 aromatic rings. The average Bonchev–Trinajstić information content (AvgIpc) is 3.06. The van der Waals surface area contributed by atoms with E-state index in [-0.39, 0.29) is 23.1 Å². The zero-order chi connectivity index (χ0) is 10.3. The first-order valence-electron chi connectivity index (χ1n) is 4.98. The minimum absolute atomic E-state index is 0. The zero-order valence-electron chi connectivity index (χ0n) is 8.77. The van der Waals surface area contributed by atoms with Crippen molar-refractivity contribution in [2.75, 3.05) is 6.61 Å². The van der Waals surface area contributed by atoms with E-state index in [1.807, 2.05) is 42.5 Å². The summed E-state index contributed by atoms with van der Waals surface area (Å²) in [5.74, 6) is 0. The summed E-state index contributed by atoms with van der Waals surface area (Å²) >= 11 is 0. The van der Waals surface area contributed by atoms with E-state index in [0.717, 1.165) is 0 Å². The van der Waals surface area contributed by atoms with Gasteiger partial charge in [0.05, 0.1) is 6.04 Å². The van der Waals surface area contributed by atoms with E-state index in [9.17, 15) is 0 Å². The molecule has 0 saturated heterocycles. The van der Waals surface area contributed by atoms with Crippen molar-refractivity contribution in [2.24, 2.45) is 4.99 Å². The van der Waals surface area contributed by atoms with Crippen LogP contribution in [0.2, 0.25) is 0 Å². The summed E-state index contributed by atoms with van der Waals surface area (Å²) in [6.45, 7) is 0.698. The molecule has 0 aromatic heterocycles. The predicted molar refractivity (Wildman–Crippen MR) is 61.3 cm³/mol. The Bertz CT molecular complexity index is 361. The van der Waals surface area contributed by atoms with Crippen LogP contribution in [0.25, 0.3) is 0 Å². The maximum absolute atomic E-state index is 4.99. The number of rotatable bonds is 1. The van der Waals surface area contributed by atoms with Crippen LogP contribution in [-0.4, -0.2) is 13.0 Å². The largest absolute Gasteiger partial charge is 2.00 e. The molecule has 0 saturated carbocycles. The first kappa shape index (κ1) is 12.8. The van der Waals surface area contributed by atoms with E-state index >= 15 is 0 Å². The summed E-state index contributed by atoms with van der Waals surface area (Å²) < 4.78 is 4.99. The first-order valence-corrected chi connectivity index (χ1v) is 4.98. The number of nitrogens with zero attached hydrogens (tertiary/aromatic N) is 1. The molecule has 1 atom stereocenters. The van der Waals surface area contributed by atoms with Gasteiger partial charge in [-0.1, -0.05) is 0 Å². The van der Waals surface area contributed by atoms with Gasteiger partial charge in [-0.05, 0) is 0 Å². The Morgan fingerprint density at radius 3 is 2.25 bits per heavy atom. The van der Waals surface area contributed by atoms with Crippen LogP contribution in [0.5, 0.6) is 0 Å². The minimum atomic E-state index is 0. The van der Waals surface area contributed by atoms with Crippen LogP contribution in [0.4, 0.5) is 0 Å². The molecule has 2 aromatic carbocycles. The van der Waals surface area contributed by atoms with E-state index < -0.39 is 0 Å². The Hall–Kier alpha value is -1.31. The van der Waals surface area contributed by atoms with Crippen LogP contribution in [0.15, 0.2) is 59.6 Å². The molecule has 3 rings (SSSR count). The third-order valence-corrected chi connectivity index (χ3v) is 2.20. The second-order valence-corrected chi connectivity index (χ2v) is 3.28. The van der Waals surface area contributed by atoms with Crippen LogP contribution in [0.3, 0.4) is 0 Å². The quantitative estimate of drug-likeness (QED) is 0.567. The minimum Gasteiger partial charge on any atom is -0.482 e. The monoisotopic (exact) mass is 255 g/mol. The molecular formula is C13H13FeNO. The molecule has 0 N–H and O–H groups in total. The third-order valence-electron chi connectivity index (χ3n) is 2.20. The molecule has 0 fully saturated rings. The van der Waals surface area contributed by atoms with Gasteiger partial charge in [0.1, 0.15) is 6.61 Å². The van der Waals surface area contributed by atoms with E-state index in [1.54, 1.807) is 0 Å². The summed E-state index contributed by atoms with van der Waals surface area (Å²) in [5, 5.41) is 0. The Labute approximate surface area is 106 Å². The van der Waals surface area contributed by atoms with Gasteiger partial charge in [0.2, 0.25) is 0 Å². The fourth-order valence-electron chi connectivity index (χ4n) is 1.41. The zero-order valence-corrected chi connectivity index (χ0v) is 9.87. The van der Waals surface area contributed by atoms with Crippen LogP contribution in [0, 0.1) is 0 Å². The number of aliphatic imine (C=N–C) groups is 1. The van der Waals surface area contributed by atoms with Gasteiger partial charge in [0.15, 0.2) is 6.40 Å². The molecule has 0 radical (unpaired) electrons. The van der Waals surface area contributed by atoms with Gasteiger partial charge in [-0.3, -0.25) is 4.99 Å². The smallest absolute Gasteiger partial charge is 0.482 e. The second-order valence-electron chi connectivity index (χ2n) is 3.28. The molecule has 1 heterocycles. The number of hydrogen-bond acceptors (Lipinski definition) is 2. The van der Waals surface area contributed by atoms with Crippen molar-refractivity contribution in [3.63, 3.8) is 0 Å². The summed E-state index contributed by atoms with van der Waals surface area (Å²) in [6.07, 6.45) is 1.53. The van der Waals surface area contributed by atoms with Gasteiger partial charge in [0, 0.05) is 0 Å². The summed E-state index contributed by atoms with van der Waals surface area (Å²) in [6, 6.07) is 18.4. The molecule has 1 aliphatic rings. The molecule has 0 spiro atoms. The van der Waals surface area contributed by atoms with E-state index in [1.165, 1.54) is 12.0 Å². The fourth-order valence-corrected chi connectivity index (χ4v) is 1.41. The van der Waals surface area contributed by atoms with Crippen molar-refractivity contribution in [1.82, 2.24) is 0 Å². The number of hydrogen-bond donors (Lipinski definition) is 0. The third kappa shape index (κ3) is 3.69. The standard InChI is InChI=1S/C8H8NO.C5H5.Fe/c1-2-4-7(3-1)8-5-10-6-9-8;1-2-4-5-3-1;/h1-4,6,8H,5H2;1-5H;/q2*-1;+2. The normalized spacial score (nSPS) is 16.9.